The van der Waals surface area contributed by atoms with Crippen LogP contribution in [0, 0.1) is 0 Å². The molecule has 0 radical (unpaired) electrons. The average molecular weight is 412 g/mol. The fourth-order valence-corrected chi connectivity index (χ4v) is 3.25. The van der Waals surface area contributed by atoms with Gasteiger partial charge in [0.2, 0.25) is 0 Å². The van der Waals surface area contributed by atoms with Gasteiger partial charge in [0.15, 0.2) is 0 Å². The number of alkyl halides is 6. The summed E-state index contributed by atoms with van der Waals surface area (Å²) in [5.41, 5.74) is -2.70. The number of anilines is 2. The number of rotatable bonds is 4. The number of nitrogens with zero attached hydrogens (tertiary/aromatic N) is 1. The molecule has 0 aromatic heterocycles. The molecule has 4 nitrogen and oxygen atoms in total. The molecular formula is C16H14F6N2O2S. The normalized spacial score (nSPS) is 12.7. The largest absolute Gasteiger partial charge is 0.416 e. The summed E-state index contributed by atoms with van der Waals surface area (Å²) in [6.45, 7) is 0. The van der Waals surface area contributed by atoms with Gasteiger partial charge in [-0.2, -0.15) is 26.3 Å². The van der Waals surface area contributed by atoms with Gasteiger partial charge < -0.3 is 4.90 Å². The number of benzene rings is 2. The van der Waals surface area contributed by atoms with E-state index in [0.29, 0.717) is 0 Å². The molecule has 2 aromatic rings. The summed E-state index contributed by atoms with van der Waals surface area (Å²) in [6.07, 6.45) is -10.3. The maximum absolute atomic E-state index is 12.9. The molecule has 0 amide bonds. The van der Waals surface area contributed by atoms with E-state index in [1.807, 2.05) is 4.72 Å². The molecule has 0 aliphatic heterocycles. The molecule has 0 unspecified atom stereocenters. The SMILES string of the molecule is CN(C)c1ccc(NS(=O)(=O)c2cc(C(F)(F)F)cc(C(F)(F)F)c2)cc1. The van der Waals surface area contributed by atoms with E-state index in [9.17, 15) is 34.8 Å². The third-order valence-corrected chi connectivity index (χ3v) is 4.87. The van der Waals surface area contributed by atoms with Gasteiger partial charge in [-0.05, 0) is 42.5 Å². The van der Waals surface area contributed by atoms with Gasteiger partial charge in [0.1, 0.15) is 0 Å². The van der Waals surface area contributed by atoms with Gasteiger partial charge in [-0.25, -0.2) is 8.42 Å². The van der Waals surface area contributed by atoms with E-state index < -0.39 is 38.4 Å². The summed E-state index contributed by atoms with van der Waals surface area (Å²) in [5, 5.41) is 0. The quantitative estimate of drug-likeness (QED) is 0.748. The molecule has 27 heavy (non-hydrogen) atoms. The molecule has 0 heterocycles. The molecule has 0 atom stereocenters. The van der Waals surface area contributed by atoms with Crippen LogP contribution in [0.15, 0.2) is 47.4 Å². The fraction of sp³-hybridized carbons (Fsp3) is 0.250. The van der Waals surface area contributed by atoms with Crippen molar-refractivity contribution in [3.05, 3.63) is 53.6 Å². The lowest BCUT2D eigenvalue weighted by Gasteiger charge is -2.16. The first-order valence-corrected chi connectivity index (χ1v) is 8.78. The maximum atomic E-state index is 12.9. The molecule has 0 saturated heterocycles. The third kappa shape index (κ3) is 5.06. The van der Waals surface area contributed by atoms with Crippen LogP contribution in [0.3, 0.4) is 0 Å². The van der Waals surface area contributed by atoms with Crippen molar-refractivity contribution in [3.63, 3.8) is 0 Å². The molecule has 2 rings (SSSR count). The van der Waals surface area contributed by atoms with Crippen LogP contribution in [0.25, 0.3) is 0 Å². The number of sulfonamides is 1. The Morgan fingerprint density at radius 3 is 1.63 bits per heavy atom. The Kier molecular flexibility index (Phi) is 5.37. The molecule has 148 valence electrons. The molecular weight excluding hydrogens is 398 g/mol. The van der Waals surface area contributed by atoms with Crippen LogP contribution in [0.2, 0.25) is 0 Å². The summed E-state index contributed by atoms with van der Waals surface area (Å²) in [5.74, 6) is 0. The molecule has 11 heteroatoms. The summed E-state index contributed by atoms with van der Waals surface area (Å²) < 4.78 is 104. The average Bonchev–Trinajstić information content (AvgIpc) is 2.53. The first kappa shape index (κ1) is 20.9. The molecule has 0 spiro atoms. The van der Waals surface area contributed by atoms with E-state index in [2.05, 4.69) is 0 Å². The van der Waals surface area contributed by atoms with Gasteiger partial charge >= 0.3 is 12.4 Å². The third-order valence-electron chi connectivity index (χ3n) is 3.51. The Hall–Kier alpha value is -2.43. The second kappa shape index (κ2) is 6.95. The van der Waals surface area contributed by atoms with E-state index >= 15 is 0 Å². The molecule has 0 saturated carbocycles. The Morgan fingerprint density at radius 1 is 0.815 bits per heavy atom. The van der Waals surface area contributed by atoms with E-state index in [1.165, 1.54) is 24.3 Å². The highest BCUT2D eigenvalue weighted by Gasteiger charge is 2.38. The molecule has 1 N–H and O–H groups in total. The van der Waals surface area contributed by atoms with Gasteiger partial charge in [0.25, 0.3) is 10.0 Å². The minimum Gasteiger partial charge on any atom is -0.378 e. The van der Waals surface area contributed by atoms with Crippen LogP contribution < -0.4 is 9.62 Å². The Bertz CT molecular complexity index is 887. The monoisotopic (exact) mass is 412 g/mol. The summed E-state index contributed by atoms with van der Waals surface area (Å²) in [7, 11) is -1.20. The van der Waals surface area contributed by atoms with Crippen molar-refractivity contribution in [1.29, 1.82) is 0 Å². The van der Waals surface area contributed by atoms with E-state index in [-0.39, 0.29) is 23.9 Å². The minimum atomic E-state index is -5.14. The zero-order valence-electron chi connectivity index (χ0n) is 14.0. The van der Waals surface area contributed by atoms with Crippen molar-refractivity contribution in [2.75, 3.05) is 23.7 Å². The summed E-state index contributed by atoms with van der Waals surface area (Å²) >= 11 is 0. The summed E-state index contributed by atoms with van der Waals surface area (Å²) in [6, 6.07) is 5.93. The van der Waals surface area contributed by atoms with Gasteiger partial charge in [-0.1, -0.05) is 0 Å². The topological polar surface area (TPSA) is 49.4 Å². The lowest BCUT2D eigenvalue weighted by molar-refractivity contribution is -0.143. The summed E-state index contributed by atoms with van der Waals surface area (Å²) in [4.78, 5) is 0.585. The zero-order valence-corrected chi connectivity index (χ0v) is 14.8. The second-order valence-electron chi connectivity index (χ2n) is 5.79. The highest BCUT2D eigenvalue weighted by Crippen LogP contribution is 2.37. The zero-order chi connectivity index (χ0) is 20.6. The van der Waals surface area contributed by atoms with E-state index in [0.717, 1.165) is 5.69 Å². The van der Waals surface area contributed by atoms with Gasteiger partial charge in [0, 0.05) is 25.5 Å². The van der Waals surface area contributed by atoms with Crippen molar-refractivity contribution in [3.8, 4) is 0 Å². The van der Waals surface area contributed by atoms with Gasteiger partial charge in [0.05, 0.1) is 16.0 Å². The van der Waals surface area contributed by atoms with Crippen molar-refractivity contribution in [2.45, 2.75) is 17.2 Å². The predicted octanol–water partition coefficient (Wildman–Crippen LogP) is 4.59. The lowest BCUT2D eigenvalue weighted by Crippen LogP contribution is -2.17. The predicted molar refractivity (Wildman–Crippen MR) is 88.0 cm³/mol. The maximum Gasteiger partial charge on any atom is 0.416 e. The van der Waals surface area contributed by atoms with Gasteiger partial charge in [-0.3, -0.25) is 4.72 Å². The highest BCUT2D eigenvalue weighted by atomic mass is 32.2. The molecule has 0 aliphatic carbocycles. The number of nitrogens with one attached hydrogen (secondary N) is 1. The van der Waals surface area contributed by atoms with Crippen LogP contribution in [0.4, 0.5) is 37.7 Å². The number of hydrogen-bond acceptors (Lipinski definition) is 3. The van der Waals surface area contributed by atoms with Crippen LogP contribution in [0.5, 0.6) is 0 Å². The molecule has 0 aliphatic rings. The van der Waals surface area contributed by atoms with E-state index in [4.69, 9.17) is 0 Å². The first-order chi connectivity index (χ1) is 12.2. The highest BCUT2D eigenvalue weighted by molar-refractivity contribution is 7.92. The van der Waals surface area contributed by atoms with Gasteiger partial charge in [-0.15, -0.1) is 0 Å². The number of halogens is 6. The standard InChI is InChI=1S/C16H14F6N2O2S/c1-24(2)13-5-3-12(4-6-13)23-27(25,26)14-8-10(15(17,18)19)7-11(9-14)16(20,21)22/h3-9,23H,1-2H3. The van der Waals surface area contributed by atoms with Crippen LogP contribution in [-0.4, -0.2) is 22.5 Å². The van der Waals surface area contributed by atoms with Crippen LogP contribution >= 0.6 is 0 Å². The van der Waals surface area contributed by atoms with E-state index in [1.54, 1.807) is 19.0 Å². The van der Waals surface area contributed by atoms with Crippen molar-refractivity contribution < 1.29 is 34.8 Å². The molecule has 0 fully saturated rings. The lowest BCUT2D eigenvalue weighted by atomic mass is 10.1. The Morgan fingerprint density at radius 2 is 1.26 bits per heavy atom. The molecule has 2 aromatic carbocycles. The Labute approximate surface area is 151 Å². The molecule has 0 bridgehead atoms. The first-order valence-electron chi connectivity index (χ1n) is 7.30. The second-order valence-corrected chi connectivity index (χ2v) is 7.47. The smallest absolute Gasteiger partial charge is 0.378 e. The number of hydrogen-bond donors (Lipinski definition) is 1. The fourth-order valence-electron chi connectivity index (χ4n) is 2.12. The minimum absolute atomic E-state index is 0.00781. The van der Waals surface area contributed by atoms with Crippen LogP contribution in [-0.2, 0) is 22.4 Å². The van der Waals surface area contributed by atoms with Crippen molar-refractivity contribution in [2.24, 2.45) is 0 Å². The van der Waals surface area contributed by atoms with Crippen LogP contribution in [0.1, 0.15) is 11.1 Å². The van der Waals surface area contributed by atoms with Crippen molar-refractivity contribution >= 4 is 21.4 Å². The van der Waals surface area contributed by atoms with Crippen molar-refractivity contribution in [1.82, 2.24) is 0 Å². The Balaban J connectivity index is 2.48.